The van der Waals surface area contributed by atoms with E-state index in [4.69, 9.17) is 9.15 Å². The number of para-hydroxylation sites is 1. The maximum atomic E-state index is 13.6. The second-order valence-corrected chi connectivity index (χ2v) is 8.20. The van der Waals surface area contributed by atoms with Crippen LogP contribution in [0.2, 0.25) is 0 Å². The molecule has 35 heavy (non-hydrogen) atoms. The number of pyridine rings is 1. The second-order valence-electron chi connectivity index (χ2n) is 8.20. The maximum Gasteiger partial charge on any atom is 0.337 e. The number of hydrogen-bond donors (Lipinski definition) is 0. The van der Waals surface area contributed by atoms with Crippen LogP contribution in [-0.4, -0.2) is 40.4 Å². The minimum absolute atomic E-state index is 0.0132. The predicted molar refractivity (Wildman–Crippen MR) is 124 cm³/mol. The lowest BCUT2D eigenvalue weighted by Gasteiger charge is -2.27. The van der Waals surface area contributed by atoms with Crippen molar-refractivity contribution in [1.29, 1.82) is 0 Å². The summed E-state index contributed by atoms with van der Waals surface area (Å²) in [5.74, 6) is -3.92. The molecule has 1 amide bonds. The number of carbonyl (C=O) groups excluding carboxylic acids is 4. The maximum absolute atomic E-state index is 13.6. The number of rotatable bonds is 6. The Morgan fingerprint density at radius 2 is 1.71 bits per heavy atom. The van der Waals surface area contributed by atoms with E-state index in [1.807, 2.05) is 6.07 Å². The number of methoxy groups -OCH3 is 1. The number of ether oxygens (including phenoxy) is 1. The molecule has 1 aliphatic heterocycles. The zero-order valence-electron chi connectivity index (χ0n) is 18.7. The topological polar surface area (TPSA) is 107 Å². The van der Waals surface area contributed by atoms with Crippen LogP contribution >= 0.6 is 0 Å². The Hall–Kier alpha value is -4.59. The fraction of sp³-hybridized carbons (Fsp3) is 0.148. The van der Waals surface area contributed by atoms with Gasteiger partial charge in [-0.2, -0.15) is 0 Å². The zero-order chi connectivity index (χ0) is 24.5. The molecule has 1 aliphatic rings. The van der Waals surface area contributed by atoms with Crippen LogP contribution in [0.4, 0.5) is 0 Å². The molecular formula is C27H20N2O6. The summed E-state index contributed by atoms with van der Waals surface area (Å²) in [6.07, 6.45) is 3.18. The van der Waals surface area contributed by atoms with E-state index in [0.29, 0.717) is 16.7 Å². The van der Waals surface area contributed by atoms with Crippen molar-refractivity contribution in [1.82, 2.24) is 9.88 Å². The quantitative estimate of drug-likeness (QED) is 0.184. The van der Waals surface area contributed by atoms with Crippen molar-refractivity contribution in [3.8, 4) is 0 Å². The van der Waals surface area contributed by atoms with Gasteiger partial charge in [-0.25, -0.2) is 4.79 Å². The number of furan rings is 1. The van der Waals surface area contributed by atoms with Gasteiger partial charge in [0.2, 0.25) is 11.6 Å². The lowest BCUT2D eigenvalue weighted by Crippen LogP contribution is -2.30. The molecule has 0 spiro atoms. The van der Waals surface area contributed by atoms with Crippen molar-refractivity contribution in [3.63, 3.8) is 0 Å². The van der Waals surface area contributed by atoms with Gasteiger partial charge in [-0.3, -0.25) is 19.4 Å². The van der Waals surface area contributed by atoms with Crippen LogP contribution in [0.3, 0.4) is 0 Å². The van der Waals surface area contributed by atoms with Gasteiger partial charge < -0.3 is 14.1 Å². The summed E-state index contributed by atoms with van der Waals surface area (Å²) < 4.78 is 10.5. The molecule has 0 aliphatic carbocycles. The molecule has 2 aromatic heterocycles. The fourth-order valence-corrected chi connectivity index (χ4v) is 4.40. The molecule has 2 atom stereocenters. The van der Waals surface area contributed by atoms with Crippen molar-refractivity contribution in [3.05, 3.63) is 102 Å². The van der Waals surface area contributed by atoms with E-state index >= 15 is 0 Å². The molecule has 174 valence electrons. The summed E-state index contributed by atoms with van der Waals surface area (Å²) in [4.78, 5) is 57.2. The number of likely N-dealkylation sites (tertiary alicyclic amines) is 1. The lowest BCUT2D eigenvalue weighted by atomic mass is 9.88. The molecule has 0 bridgehead atoms. The number of hydrogen-bond acceptors (Lipinski definition) is 7. The van der Waals surface area contributed by atoms with Crippen molar-refractivity contribution >= 4 is 34.4 Å². The van der Waals surface area contributed by atoms with Crippen LogP contribution < -0.4 is 0 Å². The van der Waals surface area contributed by atoms with Crippen LogP contribution in [0.5, 0.6) is 0 Å². The highest BCUT2D eigenvalue weighted by molar-refractivity contribution is 6.43. The first-order chi connectivity index (χ1) is 17.0. The molecule has 0 saturated carbocycles. The first kappa shape index (κ1) is 22.2. The Bertz CT molecular complexity index is 1410. The van der Waals surface area contributed by atoms with E-state index in [9.17, 15) is 19.2 Å². The number of amides is 1. The Morgan fingerprint density at radius 1 is 1.00 bits per heavy atom. The summed E-state index contributed by atoms with van der Waals surface area (Å²) in [5.41, 5.74) is 2.13. The van der Waals surface area contributed by atoms with Gasteiger partial charge in [0.25, 0.3) is 5.91 Å². The van der Waals surface area contributed by atoms with E-state index in [1.54, 1.807) is 73.1 Å². The third kappa shape index (κ3) is 3.99. The van der Waals surface area contributed by atoms with Crippen molar-refractivity contribution in [2.75, 3.05) is 7.11 Å². The van der Waals surface area contributed by atoms with Gasteiger partial charge in [-0.1, -0.05) is 30.3 Å². The van der Waals surface area contributed by atoms with Gasteiger partial charge in [0, 0.05) is 24.3 Å². The number of carbonyl (C=O) groups is 4. The number of Topliss-reactive ketones (excluding diaryl/α,β-unsaturated/α-hetero) is 2. The minimum atomic E-state index is -1.30. The highest BCUT2D eigenvalue weighted by atomic mass is 16.5. The van der Waals surface area contributed by atoms with Crippen LogP contribution in [0.1, 0.15) is 38.1 Å². The number of fused-ring (bicyclic) bond motifs is 1. The lowest BCUT2D eigenvalue weighted by molar-refractivity contribution is -0.141. The SMILES string of the molecule is COC(=O)c1ccc(C2C(C(=O)c3cc4ccccc4o3)C(=O)C(=O)N2Cc2ccncc2)cc1. The second kappa shape index (κ2) is 8.98. The minimum Gasteiger partial charge on any atom is -0.465 e. The van der Waals surface area contributed by atoms with E-state index in [0.717, 1.165) is 10.9 Å². The van der Waals surface area contributed by atoms with Crippen LogP contribution in [-0.2, 0) is 20.9 Å². The molecule has 4 aromatic rings. The van der Waals surface area contributed by atoms with Gasteiger partial charge in [0.05, 0.1) is 18.7 Å². The molecule has 8 nitrogen and oxygen atoms in total. The Balaban J connectivity index is 1.57. The predicted octanol–water partition coefficient (Wildman–Crippen LogP) is 3.77. The van der Waals surface area contributed by atoms with E-state index in [1.165, 1.54) is 12.0 Å². The van der Waals surface area contributed by atoms with Gasteiger partial charge in [-0.05, 0) is 47.5 Å². The molecule has 1 saturated heterocycles. The summed E-state index contributed by atoms with van der Waals surface area (Å²) in [6, 6.07) is 17.7. The number of ketones is 2. The van der Waals surface area contributed by atoms with Crippen LogP contribution in [0.15, 0.2) is 83.5 Å². The normalized spacial score (nSPS) is 17.7. The number of benzene rings is 2. The molecule has 0 N–H and O–H groups in total. The van der Waals surface area contributed by atoms with E-state index < -0.39 is 35.4 Å². The van der Waals surface area contributed by atoms with E-state index in [2.05, 4.69) is 4.98 Å². The standard InChI is InChI=1S/C27H20N2O6/c1-34-27(33)18-8-6-17(7-9-18)23-22(24(30)21-14-19-4-2-3-5-20(19)35-21)25(31)26(32)29(23)15-16-10-12-28-13-11-16/h2-14,22-23H,15H2,1H3. The van der Waals surface area contributed by atoms with Gasteiger partial charge in [0.15, 0.2) is 5.76 Å². The fourth-order valence-electron chi connectivity index (χ4n) is 4.40. The number of aromatic nitrogens is 1. The molecule has 0 radical (unpaired) electrons. The largest absolute Gasteiger partial charge is 0.465 e. The summed E-state index contributed by atoms with van der Waals surface area (Å²) in [7, 11) is 1.28. The van der Waals surface area contributed by atoms with Crippen LogP contribution in [0, 0.1) is 5.92 Å². The number of esters is 1. The molecule has 3 heterocycles. The van der Waals surface area contributed by atoms with Crippen molar-refractivity contribution in [2.45, 2.75) is 12.6 Å². The van der Waals surface area contributed by atoms with Gasteiger partial charge >= 0.3 is 5.97 Å². The molecule has 5 rings (SSSR count). The average Bonchev–Trinajstić information content (AvgIpc) is 3.43. The van der Waals surface area contributed by atoms with Gasteiger partial charge in [0.1, 0.15) is 11.5 Å². The zero-order valence-corrected chi connectivity index (χ0v) is 18.7. The third-order valence-corrected chi connectivity index (χ3v) is 6.13. The van der Waals surface area contributed by atoms with E-state index in [-0.39, 0.29) is 12.3 Å². The van der Waals surface area contributed by atoms with Crippen molar-refractivity contribution in [2.24, 2.45) is 5.92 Å². The van der Waals surface area contributed by atoms with Gasteiger partial charge in [-0.15, -0.1) is 0 Å². The highest BCUT2D eigenvalue weighted by Crippen LogP contribution is 2.40. The smallest absolute Gasteiger partial charge is 0.337 e. The molecule has 2 aromatic carbocycles. The summed E-state index contributed by atoms with van der Waals surface area (Å²) >= 11 is 0. The molecular weight excluding hydrogens is 448 g/mol. The molecule has 8 heteroatoms. The first-order valence-electron chi connectivity index (χ1n) is 10.9. The number of nitrogens with zero attached hydrogens (tertiary/aromatic N) is 2. The highest BCUT2D eigenvalue weighted by Gasteiger charge is 2.52. The molecule has 2 unspecified atom stereocenters. The summed E-state index contributed by atoms with van der Waals surface area (Å²) in [6.45, 7) is 0.112. The van der Waals surface area contributed by atoms with Crippen LogP contribution in [0.25, 0.3) is 11.0 Å². The summed E-state index contributed by atoms with van der Waals surface area (Å²) in [5, 5.41) is 0.722. The monoisotopic (exact) mass is 468 g/mol. The first-order valence-corrected chi connectivity index (χ1v) is 10.9. The Morgan fingerprint density at radius 3 is 2.40 bits per heavy atom. The Kier molecular flexibility index (Phi) is 5.70. The third-order valence-electron chi connectivity index (χ3n) is 6.13. The Labute approximate surface area is 200 Å². The average molecular weight is 468 g/mol. The van der Waals surface area contributed by atoms with Crippen molar-refractivity contribution < 1.29 is 28.3 Å². The molecule has 1 fully saturated rings.